The van der Waals surface area contributed by atoms with Crippen LogP contribution in [0.3, 0.4) is 0 Å². The summed E-state index contributed by atoms with van der Waals surface area (Å²) in [5, 5.41) is 9.93. The Morgan fingerprint density at radius 2 is 1.41 bits per heavy atom. The molecule has 0 aliphatic heterocycles. The van der Waals surface area contributed by atoms with E-state index < -0.39 is 6.10 Å². The molecule has 2 rings (SSSR count). The molecule has 1 N–H and O–H groups in total. The van der Waals surface area contributed by atoms with E-state index in [4.69, 9.17) is 0 Å². The van der Waals surface area contributed by atoms with Crippen molar-refractivity contribution in [3.05, 3.63) is 68.1 Å². The lowest BCUT2D eigenvalue weighted by Gasteiger charge is -2.12. The maximum absolute atomic E-state index is 13.0. The molecule has 6 heteroatoms. The minimum absolute atomic E-state index is 0.0162. The highest BCUT2D eigenvalue weighted by atomic mass is 79.9. The maximum atomic E-state index is 13.0. The first-order chi connectivity index (χ1) is 15.3. The van der Waals surface area contributed by atoms with Gasteiger partial charge in [0.25, 0.3) is 0 Å². The molecule has 2 nitrogen and oxygen atoms in total. The molecule has 178 valence electrons. The summed E-state index contributed by atoms with van der Waals surface area (Å²) in [6, 6.07) is 8.64. The fraction of sp³-hybridized carbons (Fsp3) is 0.500. The maximum Gasteiger partial charge on any atom is 0.164 e. The molecule has 0 aliphatic carbocycles. The average molecular weight is 576 g/mol. The van der Waals surface area contributed by atoms with Crippen LogP contribution < -0.4 is 0 Å². The van der Waals surface area contributed by atoms with Gasteiger partial charge in [-0.2, -0.15) is 0 Å². The first-order valence-electron chi connectivity index (χ1n) is 11.4. The summed E-state index contributed by atoms with van der Waals surface area (Å²) >= 11 is 6.59. The van der Waals surface area contributed by atoms with Crippen molar-refractivity contribution in [2.45, 2.75) is 84.2 Å². The van der Waals surface area contributed by atoms with Crippen LogP contribution in [-0.4, -0.2) is 10.9 Å². The Kier molecular flexibility index (Phi) is 14.9. The second-order valence-corrected chi connectivity index (χ2v) is 9.60. The van der Waals surface area contributed by atoms with E-state index in [0.29, 0.717) is 28.4 Å². The smallest absolute Gasteiger partial charge is 0.164 e. The van der Waals surface area contributed by atoms with E-state index in [1.807, 2.05) is 0 Å². The van der Waals surface area contributed by atoms with Crippen molar-refractivity contribution in [2.75, 3.05) is 0 Å². The van der Waals surface area contributed by atoms with Gasteiger partial charge >= 0.3 is 0 Å². The second kappa shape index (κ2) is 16.5. The van der Waals surface area contributed by atoms with Crippen molar-refractivity contribution >= 4 is 37.6 Å². The standard InChI is InChI=1S/C13H18BrFO.C13H16BrFO/c2*1-2-3-4-5-6-13(16)11-9-10(15)7-8-12(11)14/h7-9,13,16H,2-6H2,1H3;7-9H,2-6H2,1H3. The molecule has 32 heavy (non-hydrogen) atoms. The van der Waals surface area contributed by atoms with Crippen molar-refractivity contribution in [2.24, 2.45) is 0 Å². The van der Waals surface area contributed by atoms with Crippen molar-refractivity contribution in [3.8, 4) is 0 Å². The Morgan fingerprint density at radius 1 is 0.844 bits per heavy atom. The van der Waals surface area contributed by atoms with Crippen LogP contribution >= 0.6 is 31.9 Å². The largest absolute Gasteiger partial charge is 0.388 e. The summed E-state index contributed by atoms with van der Waals surface area (Å²) in [5.41, 5.74) is 1.10. The van der Waals surface area contributed by atoms with E-state index in [1.54, 1.807) is 12.1 Å². The van der Waals surface area contributed by atoms with Gasteiger partial charge in [-0.25, -0.2) is 8.78 Å². The van der Waals surface area contributed by atoms with Crippen LogP contribution in [0.15, 0.2) is 45.3 Å². The van der Waals surface area contributed by atoms with Crippen LogP contribution in [0.2, 0.25) is 0 Å². The topological polar surface area (TPSA) is 37.3 Å². The van der Waals surface area contributed by atoms with Gasteiger partial charge in [0.2, 0.25) is 0 Å². The Labute approximate surface area is 208 Å². The normalized spacial score (nSPS) is 11.6. The average Bonchev–Trinajstić information content (AvgIpc) is 2.77. The Morgan fingerprint density at radius 3 is 2.03 bits per heavy atom. The quantitative estimate of drug-likeness (QED) is 0.202. The van der Waals surface area contributed by atoms with E-state index in [2.05, 4.69) is 45.7 Å². The van der Waals surface area contributed by atoms with Gasteiger partial charge in [0.15, 0.2) is 5.78 Å². The molecule has 0 fully saturated rings. The lowest BCUT2D eigenvalue weighted by Crippen LogP contribution is -2.00. The number of halogens is 4. The van der Waals surface area contributed by atoms with Crippen molar-refractivity contribution in [3.63, 3.8) is 0 Å². The van der Waals surface area contributed by atoms with Gasteiger partial charge in [0.05, 0.1) is 6.10 Å². The number of aliphatic hydroxyl groups is 1. The third kappa shape index (κ3) is 11.2. The molecule has 0 spiro atoms. The molecule has 0 amide bonds. The van der Waals surface area contributed by atoms with Crippen molar-refractivity contribution in [1.82, 2.24) is 0 Å². The van der Waals surface area contributed by atoms with Crippen LogP contribution in [0.5, 0.6) is 0 Å². The summed E-state index contributed by atoms with van der Waals surface area (Å²) in [5.74, 6) is -0.645. The van der Waals surface area contributed by atoms with E-state index in [1.165, 1.54) is 37.1 Å². The van der Waals surface area contributed by atoms with Crippen LogP contribution in [0.4, 0.5) is 8.78 Å². The molecular formula is C26H34Br2F2O2. The minimum atomic E-state index is -0.568. The number of rotatable bonds is 12. The highest BCUT2D eigenvalue weighted by Crippen LogP contribution is 2.28. The predicted octanol–water partition coefficient (Wildman–Crippen LogP) is 9.33. The van der Waals surface area contributed by atoms with Crippen LogP contribution in [-0.2, 0) is 0 Å². The fourth-order valence-corrected chi connectivity index (χ4v) is 4.23. The van der Waals surface area contributed by atoms with Gasteiger partial charge in [-0.15, -0.1) is 0 Å². The van der Waals surface area contributed by atoms with Crippen molar-refractivity contribution in [1.29, 1.82) is 0 Å². The molecule has 2 aromatic carbocycles. The first-order valence-corrected chi connectivity index (χ1v) is 13.0. The SMILES string of the molecule is CCCCCCC(=O)c1cc(F)ccc1Br.CCCCCCC(O)c1cc(F)ccc1Br. The summed E-state index contributed by atoms with van der Waals surface area (Å²) in [6.45, 7) is 4.28. The number of ketones is 1. The molecule has 2 aromatic rings. The molecule has 1 atom stereocenters. The Hall–Kier alpha value is -1.11. The number of unbranched alkanes of at least 4 members (excludes halogenated alkanes) is 6. The molecule has 0 radical (unpaired) electrons. The molecule has 0 saturated heterocycles. The number of Topliss-reactive ketones (excluding diaryl/α,β-unsaturated/α-hetero) is 1. The minimum Gasteiger partial charge on any atom is -0.388 e. The van der Waals surface area contributed by atoms with Crippen LogP contribution in [0.1, 0.15) is 100 Å². The number of aliphatic hydroxyl groups excluding tert-OH is 1. The number of benzene rings is 2. The monoisotopic (exact) mass is 574 g/mol. The summed E-state index contributed by atoms with van der Waals surface area (Å²) < 4.78 is 27.4. The zero-order valence-electron chi connectivity index (χ0n) is 19.0. The van der Waals surface area contributed by atoms with Crippen LogP contribution in [0.25, 0.3) is 0 Å². The molecule has 0 heterocycles. The lowest BCUT2D eigenvalue weighted by atomic mass is 10.0. The predicted molar refractivity (Wildman–Crippen MR) is 135 cm³/mol. The fourth-order valence-electron chi connectivity index (χ4n) is 3.25. The van der Waals surface area contributed by atoms with E-state index in [-0.39, 0.29) is 17.4 Å². The second-order valence-electron chi connectivity index (χ2n) is 7.89. The van der Waals surface area contributed by atoms with E-state index in [9.17, 15) is 18.7 Å². The Bertz CT molecular complexity index is 827. The van der Waals surface area contributed by atoms with Gasteiger partial charge in [0.1, 0.15) is 11.6 Å². The summed E-state index contributed by atoms with van der Waals surface area (Å²) in [7, 11) is 0. The number of hydrogen-bond donors (Lipinski definition) is 1. The van der Waals surface area contributed by atoms with E-state index in [0.717, 1.165) is 43.0 Å². The zero-order valence-corrected chi connectivity index (χ0v) is 22.2. The van der Waals surface area contributed by atoms with Gasteiger partial charge in [-0.3, -0.25) is 4.79 Å². The van der Waals surface area contributed by atoms with Gasteiger partial charge in [0, 0.05) is 20.9 Å². The Balaban J connectivity index is 0.000000320. The first kappa shape index (κ1) is 28.9. The number of hydrogen-bond acceptors (Lipinski definition) is 2. The van der Waals surface area contributed by atoms with Crippen LogP contribution in [0, 0.1) is 11.6 Å². The highest BCUT2D eigenvalue weighted by molar-refractivity contribution is 9.10. The summed E-state index contributed by atoms with van der Waals surface area (Å²) in [4.78, 5) is 11.8. The van der Waals surface area contributed by atoms with E-state index >= 15 is 0 Å². The molecule has 0 bridgehead atoms. The third-order valence-corrected chi connectivity index (χ3v) is 6.55. The zero-order chi connectivity index (χ0) is 23.9. The number of carbonyl (C=O) groups is 1. The van der Waals surface area contributed by atoms with Crippen molar-refractivity contribution < 1.29 is 18.7 Å². The summed E-state index contributed by atoms with van der Waals surface area (Å²) in [6.07, 6.45) is 9.36. The van der Waals surface area contributed by atoms with Gasteiger partial charge < -0.3 is 5.11 Å². The number of carbonyl (C=O) groups excluding carboxylic acids is 1. The molecule has 0 saturated carbocycles. The highest BCUT2D eigenvalue weighted by Gasteiger charge is 2.12. The molecular weight excluding hydrogens is 542 g/mol. The molecule has 0 aromatic heterocycles. The van der Waals surface area contributed by atoms with Gasteiger partial charge in [-0.05, 0) is 54.8 Å². The van der Waals surface area contributed by atoms with Gasteiger partial charge in [-0.1, -0.05) is 90.7 Å². The molecule has 0 aliphatic rings. The third-order valence-electron chi connectivity index (χ3n) is 5.13. The molecule has 1 unspecified atom stereocenters. The lowest BCUT2D eigenvalue weighted by molar-refractivity contribution is 0.0978.